The predicted octanol–water partition coefficient (Wildman–Crippen LogP) is 6.70. The van der Waals surface area contributed by atoms with Crippen molar-refractivity contribution in [3.8, 4) is 22.9 Å². The van der Waals surface area contributed by atoms with Gasteiger partial charge in [0.1, 0.15) is 30.0 Å². The Morgan fingerprint density at radius 1 is 1.17 bits per heavy atom. The molecule has 3 heterocycles. The van der Waals surface area contributed by atoms with E-state index in [9.17, 15) is 9.18 Å². The number of rotatable bonds is 8. The van der Waals surface area contributed by atoms with Crippen LogP contribution >= 0.6 is 15.9 Å². The highest BCUT2D eigenvalue weighted by atomic mass is 79.9. The molecule has 1 aliphatic heterocycles. The highest BCUT2D eigenvalue weighted by Crippen LogP contribution is 2.33. The number of H-pyrrole nitrogens is 1. The van der Waals surface area contributed by atoms with E-state index in [1.165, 1.54) is 16.9 Å². The van der Waals surface area contributed by atoms with E-state index >= 15 is 0 Å². The molecule has 0 amide bonds. The number of nitrogens with two attached hydrogens (primary N) is 1. The number of ether oxygens (including phenoxy) is 4. The number of halogens is 2. The first-order chi connectivity index (χ1) is 20.1. The lowest BCUT2D eigenvalue weighted by Crippen LogP contribution is -2.25. The van der Waals surface area contributed by atoms with E-state index in [1.807, 2.05) is 32.9 Å². The molecule has 0 bridgehead atoms. The summed E-state index contributed by atoms with van der Waals surface area (Å²) in [5.41, 5.74) is 9.15. The maximum atomic E-state index is 14.0. The Bertz CT molecular complexity index is 1810. The summed E-state index contributed by atoms with van der Waals surface area (Å²) in [6.07, 6.45) is 1.27. The normalized spacial score (nSPS) is 16.2. The molecule has 0 unspecified atom stereocenters. The predicted molar refractivity (Wildman–Crippen MR) is 159 cm³/mol. The molecule has 216 valence electrons. The largest absolute Gasteiger partial charge is 0.490 e. The van der Waals surface area contributed by atoms with Gasteiger partial charge in [0, 0.05) is 10.9 Å². The van der Waals surface area contributed by atoms with Gasteiger partial charge in [-0.1, -0.05) is 12.1 Å². The number of aromatic nitrogens is 3. The third-order valence-electron chi connectivity index (χ3n) is 6.92. The van der Waals surface area contributed by atoms with Gasteiger partial charge in [0.2, 0.25) is 5.78 Å². The second kappa shape index (κ2) is 10.9. The molecular formula is C31H28BrFN4O5. The third-order valence-corrected chi connectivity index (χ3v) is 7.54. The number of benzene rings is 3. The van der Waals surface area contributed by atoms with E-state index in [0.29, 0.717) is 36.1 Å². The Morgan fingerprint density at radius 2 is 1.98 bits per heavy atom. The summed E-state index contributed by atoms with van der Waals surface area (Å²) in [6, 6.07) is 16.9. The van der Waals surface area contributed by atoms with Gasteiger partial charge in [-0.2, -0.15) is 5.10 Å². The highest BCUT2D eigenvalue weighted by Gasteiger charge is 2.33. The average Bonchev–Trinajstić information content (AvgIpc) is 3.65. The first kappa shape index (κ1) is 28.0. The number of carbonyl (C=O) groups excluding carboxylic acids is 1. The fourth-order valence-corrected chi connectivity index (χ4v) is 5.26. The fourth-order valence-electron chi connectivity index (χ4n) is 4.80. The monoisotopic (exact) mass is 634 g/mol. The molecule has 1 saturated heterocycles. The number of nitrogens with zero attached hydrogens (tertiary/aromatic N) is 2. The number of hydrogen-bond donors (Lipinski definition) is 2. The van der Waals surface area contributed by atoms with Gasteiger partial charge in [0.15, 0.2) is 17.4 Å². The summed E-state index contributed by atoms with van der Waals surface area (Å²) >= 11 is 3.55. The highest BCUT2D eigenvalue weighted by molar-refractivity contribution is 9.10. The topological polar surface area (TPSA) is 114 Å². The van der Waals surface area contributed by atoms with Gasteiger partial charge in [-0.3, -0.25) is 4.79 Å². The van der Waals surface area contributed by atoms with Crippen molar-refractivity contribution in [3.63, 3.8) is 0 Å². The SMILES string of the molecule is Cc1cc(-n2ncc(C(=O)c3cc4cc(OC[C@H]5COC(C)(C)O5)c(Br)cc4[nH]3)c2N)ccc1Oc1ccccc1F. The summed E-state index contributed by atoms with van der Waals surface area (Å²) < 4.78 is 39.4. The molecule has 1 atom stereocenters. The molecule has 3 aromatic carbocycles. The van der Waals surface area contributed by atoms with Gasteiger partial charge in [-0.15, -0.1) is 0 Å². The summed E-state index contributed by atoms with van der Waals surface area (Å²) in [7, 11) is 0. The number of fused-ring (bicyclic) bond motifs is 1. The van der Waals surface area contributed by atoms with Gasteiger partial charge in [0.05, 0.1) is 34.2 Å². The number of nitrogens with one attached hydrogen (secondary N) is 1. The average molecular weight is 635 g/mol. The van der Waals surface area contributed by atoms with Crippen molar-refractivity contribution >= 4 is 38.4 Å². The molecule has 5 aromatic rings. The lowest BCUT2D eigenvalue weighted by atomic mass is 10.1. The second-order valence-corrected chi connectivity index (χ2v) is 11.3. The van der Waals surface area contributed by atoms with E-state index in [2.05, 4.69) is 26.0 Å². The van der Waals surface area contributed by atoms with Crippen LogP contribution in [0.25, 0.3) is 16.6 Å². The van der Waals surface area contributed by atoms with Crippen LogP contribution in [-0.2, 0) is 9.47 Å². The first-order valence-electron chi connectivity index (χ1n) is 13.3. The van der Waals surface area contributed by atoms with E-state index in [-0.39, 0.29) is 29.0 Å². The van der Waals surface area contributed by atoms with Crippen molar-refractivity contribution in [3.05, 3.63) is 94.0 Å². The van der Waals surface area contributed by atoms with E-state index in [1.54, 1.807) is 42.5 Å². The number of carbonyl (C=O) groups is 1. The summed E-state index contributed by atoms with van der Waals surface area (Å²) in [5.74, 6) is 0.0546. The number of para-hydroxylation sites is 1. The van der Waals surface area contributed by atoms with Crippen molar-refractivity contribution in [1.29, 1.82) is 0 Å². The van der Waals surface area contributed by atoms with Crippen LogP contribution in [0.2, 0.25) is 0 Å². The third kappa shape index (κ3) is 5.50. The van der Waals surface area contributed by atoms with E-state index < -0.39 is 11.6 Å². The molecule has 6 rings (SSSR count). The molecule has 11 heteroatoms. The van der Waals surface area contributed by atoms with Crippen molar-refractivity contribution in [2.45, 2.75) is 32.7 Å². The van der Waals surface area contributed by atoms with E-state index in [0.717, 1.165) is 20.9 Å². The van der Waals surface area contributed by atoms with Crippen LogP contribution in [-0.4, -0.2) is 45.7 Å². The molecule has 0 radical (unpaired) electrons. The standard InChI is InChI=1S/C31H28BrFN4O5/c1-17-10-19(8-9-26(17)41-27-7-5-4-6-23(27)33)37-30(34)21(14-35-37)29(38)25-11-18-12-28(22(32)13-24(18)36-25)39-15-20-16-40-31(2,3)42-20/h4-14,20,36H,15-16,34H2,1-3H3/t20-/m0/s1. The van der Waals surface area contributed by atoms with E-state index in [4.69, 9.17) is 24.7 Å². The van der Waals surface area contributed by atoms with Crippen molar-refractivity contribution < 1.29 is 28.1 Å². The fraction of sp³-hybridized carbons (Fsp3) is 0.226. The van der Waals surface area contributed by atoms with Crippen LogP contribution in [0.3, 0.4) is 0 Å². The molecule has 0 spiro atoms. The van der Waals surface area contributed by atoms with Crippen molar-refractivity contribution in [1.82, 2.24) is 14.8 Å². The zero-order valence-electron chi connectivity index (χ0n) is 23.1. The number of anilines is 1. The molecule has 42 heavy (non-hydrogen) atoms. The minimum Gasteiger partial charge on any atom is -0.490 e. The maximum absolute atomic E-state index is 14.0. The molecule has 2 aromatic heterocycles. The van der Waals surface area contributed by atoms with Gasteiger partial charge < -0.3 is 29.7 Å². The lowest BCUT2D eigenvalue weighted by molar-refractivity contribution is -0.141. The zero-order chi connectivity index (χ0) is 29.6. The lowest BCUT2D eigenvalue weighted by Gasteiger charge is -2.17. The minimum absolute atomic E-state index is 0.130. The van der Waals surface area contributed by atoms with Crippen LogP contribution in [0, 0.1) is 12.7 Å². The van der Waals surface area contributed by atoms with Crippen molar-refractivity contribution in [2.75, 3.05) is 18.9 Å². The molecule has 0 saturated carbocycles. The quantitative estimate of drug-likeness (QED) is 0.183. The van der Waals surface area contributed by atoms with Crippen LogP contribution in [0.15, 0.2) is 71.3 Å². The number of nitrogen functional groups attached to an aromatic ring is 1. The van der Waals surface area contributed by atoms with Gasteiger partial charge in [-0.25, -0.2) is 9.07 Å². The van der Waals surface area contributed by atoms with Crippen molar-refractivity contribution in [2.24, 2.45) is 0 Å². The number of aromatic amines is 1. The number of aryl methyl sites for hydroxylation is 1. The Labute approximate surface area is 249 Å². The molecule has 3 N–H and O–H groups in total. The maximum Gasteiger partial charge on any atom is 0.214 e. The Balaban J connectivity index is 1.20. The summed E-state index contributed by atoms with van der Waals surface area (Å²) in [4.78, 5) is 16.6. The molecule has 1 aliphatic rings. The molecule has 1 fully saturated rings. The molecule has 0 aliphatic carbocycles. The van der Waals surface area contributed by atoms with Crippen LogP contribution in [0.1, 0.15) is 35.5 Å². The molecular weight excluding hydrogens is 607 g/mol. The Hall–Kier alpha value is -4.19. The molecule has 9 nitrogen and oxygen atoms in total. The van der Waals surface area contributed by atoms with Crippen LogP contribution in [0.4, 0.5) is 10.2 Å². The smallest absolute Gasteiger partial charge is 0.214 e. The van der Waals surface area contributed by atoms with Gasteiger partial charge in [-0.05, 0) is 90.8 Å². The number of ketones is 1. The zero-order valence-corrected chi connectivity index (χ0v) is 24.7. The van der Waals surface area contributed by atoms with Crippen LogP contribution < -0.4 is 15.2 Å². The summed E-state index contributed by atoms with van der Waals surface area (Å²) in [6.45, 7) is 6.35. The Morgan fingerprint density at radius 3 is 2.71 bits per heavy atom. The number of hydrogen-bond acceptors (Lipinski definition) is 7. The summed E-state index contributed by atoms with van der Waals surface area (Å²) in [5, 5.41) is 5.16. The minimum atomic E-state index is -0.624. The second-order valence-electron chi connectivity index (χ2n) is 10.5. The van der Waals surface area contributed by atoms with Crippen LogP contribution in [0.5, 0.6) is 17.2 Å². The first-order valence-corrected chi connectivity index (χ1v) is 14.1. The Kier molecular flexibility index (Phi) is 7.25. The van der Waals surface area contributed by atoms with Gasteiger partial charge in [0.25, 0.3) is 0 Å². The van der Waals surface area contributed by atoms with Gasteiger partial charge >= 0.3 is 0 Å².